The monoisotopic (exact) mass is 445 g/mol. The van der Waals surface area contributed by atoms with Crippen LogP contribution in [0.4, 0.5) is 11.4 Å². The molecule has 1 N–H and O–H groups in total. The first-order valence-corrected chi connectivity index (χ1v) is 11.7. The van der Waals surface area contributed by atoms with Crippen LogP contribution < -0.4 is 10.2 Å². The summed E-state index contributed by atoms with van der Waals surface area (Å²) < 4.78 is 5.44. The van der Waals surface area contributed by atoms with E-state index in [1.807, 2.05) is 47.4 Å². The second kappa shape index (κ2) is 8.67. The highest BCUT2D eigenvalue weighted by Crippen LogP contribution is 2.48. The number of carbonyl (C=O) groups is 2. The molecular weight excluding hydrogens is 414 g/mol. The van der Waals surface area contributed by atoms with Crippen molar-refractivity contribution in [3.8, 4) is 0 Å². The zero-order valence-corrected chi connectivity index (χ0v) is 19.3. The lowest BCUT2D eigenvalue weighted by atomic mass is 9.73. The number of rotatable bonds is 3. The van der Waals surface area contributed by atoms with Crippen molar-refractivity contribution in [2.45, 2.75) is 32.7 Å². The lowest BCUT2D eigenvalue weighted by molar-refractivity contribution is -0.133. The van der Waals surface area contributed by atoms with Crippen LogP contribution in [-0.4, -0.2) is 49.4 Å². The summed E-state index contributed by atoms with van der Waals surface area (Å²) in [6, 6.07) is 17.8. The molecule has 33 heavy (non-hydrogen) atoms. The van der Waals surface area contributed by atoms with E-state index in [4.69, 9.17) is 4.74 Å². The first-order valence-electron chi connectivity index (χ1n) is 11.7. The summed E-state index contributed by atoms with van der Waals surface area (Å²) >= 11 is 0. The zero-order chi connectivity index (χ0) is 23.0. The number of ketones is 1. The van der Waals surface area contributed by atoms with Gasteiger partial charge in [0.1, 0.15) is 0 Å². The number of hydrogen-bond donors (Lipinski definition) is 1. The van der Waals surface area contributed by atoms with Gasteiger partial charge in [-0.25, -0.2) is 0 Å². The maximum atomic E-state index is 13.6. The Morgan fingerprint density at radius 2 is 1.73 bits per heavy atom. The predicted octanol–water partition coefficient (Wildman–Crippen LogP) is 4.16. The zero-order valence-electron chi connectivity index (χ0n) is 19.3. The van der Waals surface area contributed by atoms with Crippen LogP contribution in [0.1, 0.15) is 38.3 Å². The van der Waals surface area contributed by atoms with Gasteiger partial charge < -0.3 is 19.9 Å². The summed E-state index contributed by atoms with van der Waals surface area (Å²) in [6.45, 7) is 6.82. The summed E-state index contributed by atoms with van der Waals surface area (Å²) in [7, 11) is 0. The molecule has 172 valence electrons. The molecule has 1 aliphatic carbocycles. The van der Waals surface area contributed by atoms with Gasteiger partial charge in [-0.2, -0.15) is 0 Å². The van der Waals surface area contributed by atoms with Gasteiger partial charge in [0.25, 0.3) is 0 Å². The van der Waals surface area contributed by atoms with Crippen LogP contribution in [0.2, 0.25) is 0 Å². The molecule has 1 saturated heterocycles. The van der Waals surface area contributed by atoms with Crippen LogP contribution in [0.25, 0.3) is 0 Å². The van der Waals surface area contributed by atoms with E-state index in [0.29, 0.717) is 32.7 Å². The van der Waals surface area contributed by atoms with Gasteiger partial charge >= 0.3 is 0 Å². The van der Waals surface area contributed by atoms with Crippen LogP contribution in [0, 0.1) is 5.41 Å². The molecule has 2 aromatic carbocycles. The number of fused-ring (bicyclic) bond motifs is 1. The van der Waals surface area contributed by atoms with Crippen molar-refractivity contribution in [1.82, 2.24) is 4.90 Å². The van der Waals surface area contributed by atoms with E-state index in [1.165, 1.54) is 0 Å². The molecule has 0 bridgehead atoms. The molecule has 2 heterocycles. The number of allylic oxidation sites excluding steroid dienone is 1. The molecule has 3 aliphatic rings. The Hall–Kier alpha value is -3.12. The van der Waals surface area contributed by atoms with E-state index in [2.05, 4.69) is 36.2 Å². The van der Waals surface area contributed by atoms with Gasteiger partial charge in [-0.15, -0.1) is 0 Å². The lowest BCUT2D eigenvalue weighted by Gasteiger charge is -2.39. The van der Waals surface area contributed by atoms with Crippen molar-refractivity contribution in [2.24, 2.45) is 5.41 Å². The number of nitrogens with zero attached hydrogens (tertiary/aromatic N) is 2. The summed E-state index contributed by atoms with van der Waals surface area (Å²) in [5.74, 6) is 0.209. The maximum Gasteiger partial charge on any atom is 0.242 e. The van der Waals surface area contributed by atoms with E-state index >= 15 is 0 Å². The largest absolute Gasteiger partial charge is 0.378 e. The topological polar surface area (TPSA) is 61.9 Å². The van der Waals surface area contributed by atoms with Gasteiger partial charge in [0.05, 0.1) is 37.2 Å². The van der Waals surface area contributed by atoms with E-state index in [0.717, 1.165) is 34.6 Å². The summed E-state index contributed by atoms with van der Waals surface area (Å²) in [6.07, 6.45) is 1.29. The van der Waals surface area contributed by atoms with Crippen LogP contribution in [-0.2, 0) is 14.3 Å². The molecule has 0 radical (unpaired) electrons. The minimum Gasteiger partial charge on any atom is -0.378 e. The second-order valence-electron chi connectivity index (χ2n) is 9.91. The number of anilines is 2. The second-order valence-corrected chi connectivity index (χ2v) is 9.91. The van der Waals surface area contributed by atoms with E-state index in [-0.39, 0.29) is 29.7 Å². The number of nitrogens with one attached hydrogen (secondary N) is 1. The van der Waals surface area contributed by atoms with Crippen molar-refractivity contribution >= 4 is 23.1 Å². The molecule has 0 saturated carbocycles. The number of Topliss-reactive ketones (excluding diaryl/α,β-unsaturated/α-hetero) is 1. The Kier molecular flexibility index (Phi) is 5.71. The fraction of sp³-hybridized carbons (Fsp3) is 0.407. The van der Waals surface area contributed by atoms with Gasteiger partial charge in [0, 0.05) is 30.8 Å². The molecule has 6 nitrogen and oxygen atoms in total. The maximum absolute atomic E-state index is 13.6. The molecule has 6 heteroatoms. The summed E-state index contributed by atoms with van der Waals surface area (Å²) in [5, 5.41) is 3.60. The summed E-state index contributed by atoms with van der Waals surface area (Å²) in [5.41, 5.74) is 4.53. The number of morpholine rings is 1. The SMILES string of the molecule is CC1(C)CC(=O)C2=C(C1)Nc1ccccc1N(CC(=O)N1CCOCC1)[C@@H]2c1ccccc1. The molecule has 2 aromatic rings. The number of amides is 1. The highest BCUT2D eigenvalue weighted by atomic mass is 16.5. The number of ether oxygens (including phenoxy) is 1. The Morgan fingerprint density at radius 1 is 1.03 bits per heavy atom. The Morgan fingerprint density at radius 3 is 2.48 bits per heavy atom. The standard InChI is InChI=1S/C27H31N3O3/c1-27(2)16-21-25(23(31)17-27)26(19-8-4-3-5-9-19)30(22-11-7-6-10-20(22)28-21)18-24(32)29-12-14-33-15-13-29/h3-11,26,28H,12-18H2,1-2H3/t26-/m1/s1. The van der Waals surface area contributed by atoms with E-state index in [9.17, 15) is 9.59 Å². The quantitative estimate of drug-likeness (QED) is 0.769. The third-order valence-corrected chi connectivity index (χ3v) is 6.79. The molecule has 2 aliphatic heterocycles. The molecule has 0 aromatic heterocycles. The third kappa shape index (κ3) is 4.27. The lowest BCUT2D eigenvalue weighted by Crippen LogP contribution is -2.47. The average Bonchev–Trinajstić information content (AvgIpc) is 2.94. The highest BCUT2D eigenvalue weighted by Gasteiger charge is 2.42. The van der Waals surface area contributed by atoms with Crippen molar-refractivity contribution in [1.29, 1.82) is 0 Å². The molecular formula is C27H31N3O3. The Balaban J connectivity index is 1.65. The summed E-state index contributed by atoms with van der Waals surface area (Å²) in [4.78, 5) is 31.0. The fourth-order valence-corrected chi connectivity index (χ4v) is 5.27. The number of para-hydroxylation sites is 2. The minimum absolute atomic E-state index is 0.0571. The minimum atomic E-state index is -0.328. The van der Waals surface area contributed by atoms with Crippen molar-refractivity contribution in [2.75, 3.05) is 43.1 Å². The predicted molar refractivity (Wildman–Crippen MR) is 129 cm³/mol. The van der Waals surface area contributed by atoms with E-state index < -0.39 is 0 Å². The van der Waals surface area contributed by atoms with E-state index in [1.54, 1.807) is 0 Å². The van der Waals surface area contributed by atoms with Crippen LogP contribution in [0.3, 0.4) is 0 Å². The molecule has 1 fully saturated rings. The van der Waals surface area contributed by atoms with Gasteiger partial charge in [0.2, 0.25) is 5.91 Å². The first-order chi connectivity index (χ1) is 15.9. The number of benzene rings is 2. The van der Waals surface area contributed by atoms with Gasteiger partial charge in [-0.05, 0) is 29.5 Å². The molecule has 1 amide bonds. The molecule has 1 atom stereocenters. The van der Waals surface area contributed by atoms with Crippen LogP contribution in [0.15, 0.2) is 65.9 Å². The number of carbonyl (C=O) groups excluding carboxylic acids is 2. The van der Waals surface area contributed by atoms with Gasteiger partial charge in [0.15, 0.2) is 5.78 Å². The average molecular weight is 446 g/mol. The Bertz CT molecular complexity index is 1090. The van der Waals surface area contributed by atoms with Crippen molar-refractivity contribution < 1.29 is 14.3 Å². The van der Waals surface area contributed by atoms with Crippen molar-refractivity contribution in [3.05, 3.63) is 71.4 Å². The fourth-order valence-electron chi connectivity index (χ4n) is 5.27. The smallest absolute Gasteiger partial charge is 0.242 e. The normalized spacial score (nSPS) is 22.2. The van der Waals surface area contributed by atoms with Crippen molar-refractivity contribution in [3.63, 3.8) is 0 Å². The molecule has 0 unspecified atom stereocenters. The highest BCUT2D eigenvalue weighted by molar-refractivity contribution is 6.01. The van der Waals surface area contributed by atoms with Gasteiger partial charge in [-0.1, -0.05) is 56.3 Å². The molecule has 5 rings (SSSR count). The van der Waals surface area contributed by atoms with Crippen LogP contribution in [0.5, 0.6) is 0 Å². The van der Waals surface area contributed by atoms with Gasteiger partial charge in [-0.3, -0.25) is 9.59 Å². The first kappa shape index (κ1) is 21.7. The third-order valence-electron chi connectivity index (χ3n) is 6.79. The number of hydrogen-bond acceptors (Lipinski definition) is 5. The van der Waals surface area contributed by atoms with Crippen LogP contribution >= 0.6 is 0 Å². The molecule has 0 spiro atoms. The Labute approximate surface area is 195 Å².